The zero-order valence-corrected chi connectivity index (χ0v) is 9.98. The van der Waals surface area contributed by atoms with Gasteiger partial charge in [-0.25, -0.2) is 0 Å². The molecule has 1 aromatic carbocycles. The first-order valence-electron chi connectivity index (χ1n) is 5.89. The Morgan fingerprint density at radius 2 is 2.00 bits per heavy atom. The molecule has 0 radical (unpaired) electrons. The largest absolute Gasteiger partial charge is 0.489 e. The summed E-state index contributed by atoms with van der Waals surface area (Å²) < 4.78 is 11.0. The molecule has 0 atom stereocenters. The Kier molecular flexibility index (Phi) is 3.94. The number of ketones is 1. The Hall–Kier alpha value is -1.88. The topological polar surface area (TPSA) is 78.6 Å². The third kappa shape index (κ3) is 2.36. The average Bonchev–Trinajstić information content (AvgIpc) is 2.63. The number of rotatable bonds is 4. The first kappa shape index (κ1) is 12.6. The molecule has 1 aliphatic rings. The molecule has 5 heteroatoms. The maximum atomic E-state index is 11.9. The molecule has 0 aromatic heterocycles. The quantitative estimate of drug-likeness (QED) is 0.640. The second kappa shape index (κ2) is 5.64. The van der Waals surface area contributed by atoms with Crippen LogP contribution in [0, 0.1) is 0 Å². The molecule has 0 unspecified atom stereocenters. The molecule has 0 saturated heterocycles. The number of aldehydes is 1. The van der Waals surface area contributed by atoms with Gasteiger partial charge in [0.15, 0.2) is 23.6 Å². The molecule has 0 amide bonds. The first-order valence-corrected chi connectivity index (χ1v) is 5.89. The van der Waals surface area contributed by atoms with Crippen LogP contribution in [-0.4, -0.2) is 31.8 Å². The Balaban J connectivity index is 2.48. The van der Waals surface area contributed by atoms with Gasteiger partial charge in [-0.1, -0.05) is 0 Å². The summed E-state index contributed by atoms with van der Waals surface area (Å²) in [5.41, 5.74) is 6.21. The van der Waals surface area contributed by atoms with Crippen LogP contribution in [0.15, 0.2) is 12.1 Å². The number of fused-ring (bicyclic) bond motifs is 1. The van der Waals surface area contributed by atoms with Crippen LogP contribution in [0.25, 0.3) is 0 Å². The molecule has 2 rings (SSSR count). The highest BCUT2D eigenvalue weighted by Crippen LogP contribution is 2.36. The van der Waals surface area contributed by atoms with Crippen LogP contribution < -0.4 is 15.2 Å². The summed E-state index contributed by atoms with van der Waals surface area (Å²) in [5, 5.41) is 0. The standard InChI is InChI=1S/C13H15NO4/c14-5-4-11(16)10-3-2-9(8-15)12-13(10)18-7-1-6-17-12/h2-3,8H,1,4-7,14H2. The van der Waals surface area contributed by atoms with Gasteiger partial charge in [0.1, 0.15) is 0 Å². The van der Waals surface area contributed by atoms with Gasteiger partial charge >= 0.3 is 0 Å². The zero-order valence-electron chi connectivity index (χ0n) is 9.98. The van der Waals surface area contributed by atoms with Crippen molar-refractivity contribution in [3.05, 3.63) is 23.3 Å². The summed E-state index contributed by atoms with van der Waals surface area (Å²) in [4.78, 5) is 22.9. The molecule has 0 spiro atoms. The monoisotopic (exact) mass is 249 g/mol. The van der Waals surface area contributed by atoms with E-state index in [0.29, 0.717) is 42.1 Å². The lowest BCUT2D eigenvalue weighted by atomic mass is 10.0. The van der Waals surface area contributed by atoms with E-state index in [2.05, 4.69) is 0 Å². The van der Waals surface area contributed by atoms with Gasteiger partial charge in [0.05, 0.1) is 24.3 Å². The van der Waals surface area contributed by atoms with Gasteiger partial charge < -0.3 is 15.2 Å². The van der Waals surface area contributed by atoms with Crippen molar-refractivity contribution in [2.24, 2.45) is 5.73 Å². The van der Waals surface area contributed by atoms with Crippen molar-refractivity contribution in [2.45, 2.75) is 12.8 Å². The van der Waals surface area contributed by atoms with Gasteiger partial charge in [-0.2, -0.15) is 0 Å². The van der Waals surface area contributed by atoms with Crippen LogP contribution in [-0.2, 0) is 0 Å². The first-order chi connectivity index (χ1) is 8.77. The Morgan fingerprint density at radius 1 is 1.28 bits per heavy atom. The third-order valence-electron chi connectivity index (χ3n) is 2.72. The van der Waals surface area contributed by atoms with Crippen LogP contribution in [0.4, 0.5) is 0 Å². The predicted molar refractivity (Wildman–Crippen MR) is 65.4 cm³/mol. The molecule has 5 nitrogen and oxygen atoms in total. The van der Waals surface area contributed by atoms with Crippen LogP contribution in [0.2, 0.25) is 0 Å². The second-order valence-corrected chi connectivity index (χ2v) is 3.99. The maximum absolute atomic E-state index is 11.9. The fourth-order valence-electron chi connectivity index (χ4n) is 1.86. The second-order valence-electron chi connectivity index (χ2n) is 3.99. The number of nitrogens with two attached hydrogens (primary N) is 1. The summed E-state index contributed by atoms with van der Waals surface area (Å²) >= 11 is 0. The lowest BCUT2D eigenvalue weighted by molar-refractivity contribution is 0.0980. The van der Waals surface area contributed by atoms with Crippen LogP contribution in [0.1, 0.15) is 33.6 Å². The molecule has 1 aromatic rings. The highest BCUT2D eigenvalue weighted by Gasteiger charge is 2.22. The van der Waals surface area contributed by atoms with Crippen molar-refractivity contribution in [2.75, 3.05) is 19.8 Å². The third-order valence-corrected chi connectivity index (χ3v) is 2.72. The number of Topliss-reactive ketones (excluding diaryl/α,β-unsaturated/α-hetero) is 1. The number of hydrogen-bond acceptors (Lipinski definition) is 5. The van der Waals surface area contributed by atoms with Gasteiger partial charge in [-0.05, 0) is 18.7 Å². The van der Waals surface area contributed by atoms with E-state index in [0.717, 1.165) is 6.42 Å². The summed E-state index contributed by atoms with van der Waals surface area (Å²) in [5.74, 6) is 0.637. The van der Waals surface area contributed by atoms with Gasteiger partial charge in [0.2, 0.25) is 0 Å². The lowest BCUT2D eigenvalue weighted by Gasteiger charge is -2.13. The Labute approximate surface area is 105 Å². The summed E-state index contributed by atoms with van der Waals surface area (Å²) in [6.45, 7) is 1.23. The number of carbonyl (C=O) groups excluding carboxylic acids is 2. The van der Waals surface area contributed by atoms with E-state index in [9.17, 15) is 9.59 Å². The molecule has 1 aliphatic heterocycles. The molecule has 1 heterocycles. The molecule has 0 fully saturated rings. The van der Waals surface area contributed by atoms with E-state index in [4.69, 9.17) is 15.2 Å². The average molecular weight is 249 g/mol. The fraction of sp³-hybridized carbons (Fsp3) is 0.385. The molecule has 0 aliphatic carbocycles. The summed E-state index contributed by atoms with van der Waals surface area (Å²) in [6, 6.07) is 3.17. The molecule has 18 heavy (non-hydrogen) atoms. The minimum Gasteiger partial charge on any atom is -0.489 e. The Bertz CT molecular complexity index is 470. The van der Waals surface area contributed by atoms with Crippen molar-refractivity contribution >= 4 is 12.1 Å². The van der Waals surface area contributed by atoms with Gasteiger partial charge in [-0.3, -0.25) is 9.59 Å². The van der Waals surface area contributed by atoms with Gasteiger partial charge in [-0.15, -0.1) is 0 Å². The van der Waals surface area contributed by atoms with Gasteiger partial charge in [0, 0.05) is 12.8 Å². The highest BCUT2D eigenvalue weighted by atomic mass is 16.5. The molecule has 0 bridgehead atoms. The minimum atomic E-state index is -0.100. The summed E-state index contributed by atoms with van der Waals surface area (Å²) in [6.07, 6.45) is 1.67. The van der Waals surface area contributed by atoms with Crippen molar-refractivity contribution in [3.8, 4) is 11.5 Å². The van der Waals surface area contributed by atoms with Crippen molar-refractivity contribution in [1.29, 1.82) is 0 Å². The molecular formula is C13H15NO4. The number of hydrogen-bond donors (Lipinski definition) is 1. The SMILES string of the molecule is NCCC(=O)c1ccc(C=O)c2c1OCCCO2. The van der Waals surface area contributed by atoms with Crippen LogP contribution in [0.5, 0.6) is 11.5 Å². The van der Waals surface area contributed by atoms with E-state index >= 15 is 0 Å². The number of ether oxygens (including phenoxy) is 2. The molecule has 96 valence electrons. The molecular weight excluding hydrogens is 234 g/mol. The predicted octanol–water partition coefficient (Wildman–Crippen LogP) is 1.19. The van der Waals surface area contributed by atoms with E-state index in [1.54, 1.807) is 12.1 Å². The zero-order chi connectivity index (χ0) is 13.0. The normalized spacial score (nSPS) is 13.8. The number of benzene rings is 1. The lowest BCUT2D eigenvalue weighted by Crippen LogP contribution is -2.10. The molecule has 2 N–H and O–H groups in total. The van der Waals surface area contributed by atoms with E-state index in [1.165, 1.54) is 0 Å². The fourth-order valence-corrected chi connectivity index (χ4v) is 1.86. The smallest absolute Gasteiger partial charge is 0.172 e. The van der Waals surface area contributed by atoms with Crippen LogP contribution in [0.3, 0.4) is 0 Å². The molecule has 0 saturated carbocycles. The summed E-state index contributed by atoms with van der Waals surface area (Å²) in [7, 11) is 0. The number of carbonyl (C=O) groups is 2. The van der Waals surface area contributed by atoms with Gasteiger partial charge in [0.25, 0.3) is 0 Å². The van der Waals surface area contributed by atoms with E-state index < -0.39 is 0 Å². The van der Waals surface area contributed by atoms with Crippen molar-refractivity contribution < 1.29 is 19.1 Å². The maximum Gasteiger partial charge on any atom is 0.172 e. The van der Waals surface area contributed by atoms with E-state index in [-0.39, 0.29) is 18.7 Å². The van der Waals surface area contributed by atoms with Crippen molar-refractivity contribution in [3.63, 3.8) is 0 Å². The highest BCUT2D eigenvalue weighted by molar-refractivity contribution is 6.01. The van der Waals surface area contributed by atoms with Crippen LogP contribution >= 0.6 is 0 Å². The van der Waals surface area contributed by atoms with Crippen molar-refractivity contribution in [1.82, 2.24) is 0 Å². The Morgan fingerprint density at radius 3 is 2.67 bits per heavy atom. The van der Waals surface area contributed by atoms with E-state index in [1.807, 2.05) is 0 Å². The minimum absolute atomic E-state index is 0.100.